The van der Waals surface area contributed by atoms with Crippen LogP contribution >= 0.6 is 0 Å². The predicted octanol–water partition coefficient (Wildman–Crippen LogP) is 1.44. The molecule has 0 spiro atoms. The van der Waals surface area contributed by atoms with Crippen LogP contribution in [0.25, 0.3) is 0 Å². The largest absolute Gasteiger partial charge is 0.489 e. The molecule has 2 nitrogen and oxygen atoms in total. The van der Waals surface area contributed by atoms with Crippen LogP contribution in [0.5, 0.6) is 0 Å². The molecule has 0 saturated carbocycles. The van der Waals surface area contributed by atoms with Crippen LogP contribution in [0.15, 0.2) is 24.0 Å². The topological polar surface area (TPSA) is 35.2 Å². The minimum Gasteiger partial charge on any atom is -0.489 e. The molecule has 0 heterocycles. The molecule has 0 amide bonds. The number of nitrogens with two attached hydrogens (primary N) is 1. The Hall–Kier alpha value is -1.20. The molecule has 66 valence electrons. The summed E-state index contributed by atoms with van der Waals surface area (Å²) >= 11 is 0. The van der Waals surface area contributed by atoms with E-state index in [4.69, 9.17) is 10.5 Å². The zero-order chi connectivity index (χ0) is 9.56. The molecule has 2 heteroatoms. The molecule has 2 N–H and O–H groups in total. The maximum absolute atomic E-state index is 5.63. The molecule has 0 aromatic heterocycles. The molecule has 0 aliphatic carbocycles. The predicted molar refractivity (Wildman–Crippen MR) is 51.3 cm³/mol. The second kappa shape index (κ2) is 5.45. The van der Waals surface area contributed by atoms with Gasteiger partial charge >= 0.3 is 0 Å². The summed E-state index contributed by atoms with van der Waals surface area (Å²) in [5, 5.41) is 0. The van der Waals surface area contributed by atoms with Gasteiger partial charge < -0.3 is 10.5 Å². The highest BCUT2D eigenvalue weighted by molar-refractivity contribution is 5.36. The van der Waals surface area contributed by atoms with Crippen molar-refractivity contribution in [2.24, 2.45) is 5.73 Å². The van der Waals surface area contributed by atoms with Gasteiger partial charge in [0.25, 0.3) is 0 Å². The second-order valence-electron chi connectivity index (χ2n) is 2.41. The number of rotatable bonds is 2. The highest BCUT2D eigenvalue weighted by Gasteiger charge is 1.96. The minimum atomic E-state index is -0.0350. The Labute approximate surface area is 74.1 Å². The van der Waals surface area contributed by atoms with Crippen LogP contribution < -0.4 is 5.73 Å². The zero-order valence-electron chi connectivity index (χ0n) is 7.85. The Morgan fingerprint density at radius 2 is 2.17 bits per heavy atom. The summed E-state index contributed by atoms with van der Waals surface area (Å²) in [6, 6.07) is -0.0350. The fraction of sp³-hybridized carbons (Fsp3) is 0.400. The van der Waals surface area contributed by atoms with Gasteiger partial charge in [0.05, 0.1) is 7.11 Å². The third-order valence-electron chi connectivity index (χ3n) is 1.39. The van der Waals surface area contributed by atoms with Crippen LogP contribution in [0.1, 0.15) is 13.8 Å². The fourth-order valence-electron chi connectivity index (χ4n) is 0.642. The first kappa shape index (κ1) is 10.8. The van der Waals surface area contributed by atoms with E-state index < -0.39 is 0 Å². The molecule has 1 atom stereocenters. The summed E-state index contributed by atoms with van der Waals surface area (Å²) in [4.78, 5) is 0. The Morgan fingerprint density at radius 3 is 2.50 bits per heavy atom. The number of hydrogen-bond acceptors (Lipinski definition) is 2. The third-order valence-corrected chi connectivity index (χ3v) is 1.39. The summed E-state index contributed by atoms with van der Waals surface area (Å²) in [7, 11) is 1.54. The second-order valence-corrected chi connectivity index (χ2v) is 2.41. The minimum absolute atomic E-state index is 0.0350. The van der Waals surface area contributed by atoms with Gasteiger partial charge in [0, 0.05) is 11.6 Å². The van der Waals surface area contributed by atoms with E-state index in [1.165, 1.54) is 7.11 Å². The van der Waals surface area contributed by atoms with Gasteiger partial charge in [0.15, 0.2) is 5.76 Å². The Bertz CT molecular complexity index is 240. The van der Waals surface area contributed by atoms with Crippen LogP contribution in [0.4, 0.5) is 0 Å². The molecule has 0 radical (unpaired) electrons. The van der Waals surface area contributed by atoms with Crippen molar-refractivity contribution in [3.63, 3.8) is 0 Å². The van der Waals surface area contributed by atoms with E-state index in [2.05, 4.69) is 18.4 Å². The zero-order valence-corrected chi connectivity index (χ0v) is 7.85. The highest BCUT2D eigenvalue weighted by Crippen LogP contribution is 1.97. The normalized spacial score (nSPS) is 12.8. The summed E-state index contributed by atoms with van der Waals surface area (Å²) in [5.74, 6) is 6.08. The number of methoxy groups -OCH3 is 1. The highest BCUT2D eigenvalue weighted by atomic mass is 16.5. The van der Waals surface area contributed by atoms with Gasteiger partial charge in [-0.1, -0.05) is 12.0 Å². The van der Waals surface area contributed by atoms with Gasteiger partial charge in [-0.25, -0.2) is 0 Å². The molecule has 0 fully saturated rings. The molecular weight excluding hydrogens is 150 g/mol. The molecule has 1 unspecified atom stereocenters. The lowest BCUT2D eigenvalue weighted by molar-refractivity contribution is 0.313. The van der Waals surface area contributed by atoms with E-state index >= 15 is 0 Å². The monoisotopic (exact) mass is 165 g/mol. The number of allylic oxidation sites excluding steroid dienone is 2. The maximum Gasteiger partial charge on any atom is 0.162 e. The Morgan fingerprint density at radius 1 is 1.58 bits per heavy atom. The van der Waals surface area contributed by atoms with E-state index in [-0.39, 0.29) is 6.04 Å². The summed E-state index contributed by atoms with van der Waals surface area (Å²) < 4.78 is 4.79. The van der Waals surface area contributed by atoms with E-state index in [1.54, 1.807) is 0 Å². The first-order valence-electron chi connectivity index (χ1n) is 3.78. The van der Waals surface area contributed by atoms with Crippen molar-refractivity contribution in [3.8, 4) is 11.8 Å². The average molecular weight is 165 g/mol. The van der Waals surface area contributed by atoms with Crippen molar-refractivity contribution in [3.05, 3.63) is 24.0 Å². The molecule has 0 aromatic rings. The smallest absolute Gasteiger partial charge is 0.162 e. The van der Waals surface area contributed by atoms with E-state index in [0.29, 0.717) is 5.76 Å². The van der Waals surface area contributed by atoms with Gasteiger partial charge in [-0.3, -0.25) is 0 Å². The van der Waals surface area contributed by atoms with Crippen LogP contribution in [0.3, 0.4) is 0 Å². The van der Waals surface area contributed by atoms with Crippen LogP contribution in [-0.4, -0.2) is 13.2 Å². The van der Waals surface area contributed by atoms with Crippen molar-refractivity contribution in [1.82, 2.24) is 0 Å². The first-order chi connectivity index (χ1) is 5.61. The van der Waals surface area contributed by atoms with Crippen molar-refractivity contribution in [2.45, 2.75) is 19.9 Å². The summed E-state index contributed by atoms with van der Waals surface area (Å²) in [6.07, 6.45) is 1.89. The van der Waals surface area contributed by atoms with Gasteiger partial charge in [-0.15, -0.1) is 0 Å². The molecule has 0 rings (SSSR count). The van der Waals surface area contributed by atoms with Crippen LogP contribution in [0, 0.1) is 11.8 Å². The Kier molecular flexibility index (Phi) is 4.91. The van der Waals surface area contributed by atoms with E-state index in [1.807, 2.05) is 19.9 Å². The lowest BCUT2D eigenvalue weighted by Crippen LogP contribution is -2.16. The summed E-state index contributed by atoms with van der Waals surface area (Å²) in [5.41, 5.74) is 6.53. The lowest BCUT2D eigenvalue weighted by atomic mass is 10.1. The van der Waals surface area contributed by atoms with Crippen molar-refractivity contribution < 1.29 is 4.74 Å². The lowest BCUT2D eigenvalue weighted by Gasteiger charge is -2.01. The number of ether oxygens (including phenoxy) is 1. The van der Waals surface area contributed by atoms with Gasteiger partial charge in [0.1, 0.15) is 0 Å². The van der Waals surface area contributed by atoms with Gasteiger partial charge in [-0.05, 0) is 26.3 Å². The molecule has 0 aliphatic rings. The quantitative estimate of drug-likeness (QED) is 0.496. The maximum atomic E-state index is 5.63. The van der Waals surface area contributed by atoms with Gasteiger partial charge in [0.2, 0.25) is 0 Å². The SMILES string of the molecule is C=C(C#C/C(=C\C)C(C)N)OC. The fourth-order valence-corrected chi connectivity index (χ4v) is 0.642. The third kappa shape index (κ3) is 3.85. The molecule has 0 aromatic carbocycles. The van der Waals surface area contributed by atoms with E-state index in [0.717, 1.165) is 5.57 Å². The Balaban J connectivity index is 4.37. The van der Waals surface area contributed by atoms with Crippen LogP contribution in [-0.2, 0) is 4.74 Å². The molecule has 0 aliphatic heterocycles. The first-order valence-corrected chi connectivity index (χ1v) is 3.78. The summed E-state index contributed by atoms with van der Waals surface area (Å²) in [6.45, 7) is 7.37. The standard InChI is InChI=1S/C10H15NO/c1-5-10(9(3)11)7-6-8(2)12-4/h5,9H,2,11H2,1,3-4H3/b10-5+. The van der Waals surface area contributed by atoms with E-state index in [9.17, 15) is 0 Å². The average Bonchev–Trinajstić information content (AvgIpc) is 2.04. The van der Waals surface area contributed by atoms with Gasteiger partial charge in [-0.2, -0.15) is 0 Å². The van der Waals surface area contributed by atoms with Crippen LogP contribution in [0.2, 0.25) is 0 Å². The molecule has 0 saturated heterocycles. The number of hydrogen-bond donors (Lipinski definition) is 1. The molecule has 0 bridgehead atoms. The van der Waals surface area contributed by atoms with Crippen molar-refractivity contribution >= 4 is 0 Å². The van der Waals surface area contributed by atoms with Crippen molar-refractivity contribution in [1.29, 1.82) is 0 Å². The molecular formula is C10H15NO. The molecule has 12 heavy (non-hydrogen) atoms. The van der Waals surface area contributed by atoms with Crippen molar-refractivity contribution in [2.75, 3.05) is 7.11 Å².